The van der Waals surface area contributed by atoms with E-state index in [4.69, 9.17) is 0 Å². The first-order chi connectivity index (χ1) is 28.6. The summed E-state index contributed by atoms with van der Waals surface area (Å²) >= 11 is 0. The maximum Gasteiger partial charge on any atom is 0.0490 e. The van der Waals surface area contributed by atoms with Crippen molar-refractivity contribution in [3.63, 3.8) is 0 Å². The van der Waals surface area contributed by atoms with Crippen LogP contribution in [0.5, 0.6) is 0 Å². The Hall–Kier alpha value is -7.30. The third kappa shape index (κ3) is 6.59. The largest absolute Gasteiger partial charge is 0.344 e. The van der Waals surface area contributed by atoms with Gasteiger partial charge in [-0.15, -0.1) is 0 Å². The minimum Gasteiger partial charge on any atom is -0.344 e. The van der Waals surface area contributed by atoms with E-state index in [-0.39, 0.29) is 0 Å². The first-order valence-electron chi connectivity index (χ1n) is 20.1. The Balaban J connectivity index is 0.00000215. The molecule has 0 unspecified atom stereocenters. The molecule has 0 fully saturated rings. The molecule has 0 amide bonds. The summed E-state index contributed by atoms with van der Waals surface area (Å²) in [5.41, 5.74) is 13.9. The number of aryl methyl sites for hydroxylation is 2. The van der Waals surface area contributed by atoms with Gasteiger partial charge in [-0.3, -0.25) is 0 Å². The van der Waals surface area contributed by atoms with Crippen molar-refractivity contribution >= 4 is 89.9 Å². The molecule has 0 bridgehead atoms. The van der Waals surface area contributed by atoms with E-state index in [2.05, 4.69) is 239 Å². The summed E-state index contributed by atoms with van der Waals surface area (Å²) in [7, 11) is 4.29. The van der Waals surface area contributed by atoms with Gasteiger partial charge >= 0.3 is 0 Å². The van der Waals surface area contributed by atoms with Crippen molar-refractivity contribution in [3.8, 4) is 0 Å². The van der Waals surface area contributed by atoms with Crippen LogP contribution in [0.15, 0.2) is 194 Å². The average Bonchev–Trinajstić information content (AvgIpc) is 3.74. The predicted molar refractivity (Wildman–Crippen MR) is 250 cm³/mol. The third-order valence-corrected chi connectivity index (χ3v) is 11.1. The molecule has 282 valence electrons. The monoisotopic (exact) mass is 750 g/mol. The molecule has 0 saturated carbocycles. The van der Waals surface area contributed by atoms with Crippen LogP contribution in [-0.4, -0.2) is 9.13 Å². The summed E-state index contributed by atoms with van der Waals surface area (Å²) in [6, 6.07) is 69.8. The summed E-state index contributed by atoms with van der Waals surface area (Å²) in [6.07, 6.45) is 4.38. The van der Waals surface area contributed by atoms with Gasteiger partial charge in [-0.2, -0.15) is 0 Å². The SMILES string of the molecule is CC.Cn1c2ccccc2c2cc(N(c3ccccc3)c3ccc(/C=C/c4ccc(N(c5ccccc5)c5ccc6c(c5)c5ccccc5n6C)cc4)cc3)ccc21. The minimum absolute atomic E-state index is 1.11. The molecule has 0 aliphatic rings. The van der Waals surface area contributed by atoms with Crippen LogP contribution in [0.25, 0.3) is 55.8 Å². The van der Waals surface area contributed by atoms with Crippen molar-refractivity contribution < 1.29 is 0 Å². The van der Waals surface area contributed by atoms with Crippen LogP contribution in [0.4, 0.5) is 34.1 Å². The Morgan fingerprint density at radius 3 is 1.02 bits per heavy atom. The Labute approximate surface area is 340 Å². The zero-order valence-corrected chi connectivity index (χ0v) is 33.4. The number of hydrogen-bond donors (Lipinski definition) is 0. The lowest BCUT2D eigenvalue weighted by atomic mass is 10.1. The highest BCUT2D eigenvalue weighted by atomic mass is 15.1. The third-order valence-electron chi connectivity index (χ3n) is 11.1. The van der Waals surface area contributed by atoms with E-state index in [0.29, 0.717) is 0 Å². The van der Waals surface area contributed by atoms with Crippen LogP contribution in [0.3, 0.4) is 0 Å². The highest BCUT2D eigenvalue weighted by Crippen LogP contribution is 2.40. The van der Waals surface area contributed by atoms with Gasteiger partial charge in [0.25, 0.3) is 0 Å². The summed E-state index contributed by atoms with van der Waals surface area (Å²) in [4.78, 5) is 4.67. The molecule has 0 spiro atoms. The molecule has 0 radical (unpaired) electrons. The lowest BCUT2D eigenvalue weighted by Gasteiger charge is -2.26. The zero-order chi connectivity index (χ0) is 39.6. The maximum absolute atomic E-state index is 2.34. The van der Waals surface area contributed by atoms with Crippen molar-refractivity contribution in [1.29, 1.82) is 0 Å². The molecule has 0 N–H and O–H groups in total. The number of aromatic nitrogens is 2. The number of benzene rings is 8. The second-order valence-corrected chi connectivity index (χ2v) is 14.4. The highest BCUT2D eigenvalue weighted by molar-refractivity contribution is 6.10. The van der Waals surface area contributed by atoms with Crippen molar-refractivity contribution in [2.45, 2.75) is 13.8 Å². The van der Waals surface area contributed by atoms with Crippen LogP contribution >= 0.6 is 0 Å². The van der Waals surface area contributed by atoms with E-state index in [1.807, 2.05) is 13.8 Å². The van der Waals surface area contributed by atoms with E-state index < -0.39 is 0 Å². The lowest BCUT2D eigenvalue weighted by molar-refractivity contribution is 1.01. The van der Waals surface area contributed by atoms with Crippen LogP contribution in [0.2, 0.25) is 0 Å². The Bertz CT molecular complexity index is 2820. The number of para-hydroxylation sites is 4. The van der Waals surface area contributed by atoms with Gasteiger partial charge < -0.3 is 18.9 Å². The quantitative estimate of drug-likeness (QED) is 0.144. The maximum atomic E-state index is 2.34. The number of hydrogen-bond acceptors (Lipinski definition) is 2. The van der Waals surface area contributed by atoms with Gasteiger partial charge in [-0.1, -0.05) is 123 Å². The van der Waals surface area contributed by atoms with E-state index in [1.54, 1.807) is 0 Å². The van der Waals surface area contributed by atoms with Crippen molar-refractivity contribution in [2.24, 2.45) is 14.1 Å². The molecule has 0 saturated heterocycles. The van der Waals surface area contributed by atoms with Crippen LogP contribution in [0, 0.1) is 0 Å². The molecule has 2 heterocycles. The summed E-state index contributed by atoms with van der Waals surface area (Å²) in [5.74, 6) is 0. The smallest absolute Gasteiger partial charge is 0.0490 e. The van der Waals surface area contributed by atoms with Gasteiger partial charge in [-0.25, -0.2) is 0 Å². The Morgan fingerprint density at radius 1 is 0.310 bits per heavy atom. The molecule has 10 aromatic rings. The molecule has 58 heavy (non-hydrogen) atoms. The van der Waals surface area contributed by atoms with E-state index in [0.717, 1.165) is 45.3 Å². The molecule has 4 nitrogen and oxygen atoms in total. The standard InChI is InChI=1S/C52H40N4.C2H6/c1-53-49-19-11-9-17-45(49)47-35-43(31-33-51(47)53)55(39-13-5-3-6-14-39)41-27-23-37(24-28-41)21-22-38-25-29-42(30-26-38)56(40-15-7-4-8-16-40)44-32-34-52-48(36-44)46-18-10-12-20-50(46)54(52)2;1-2/h3-36H,1-2H3;1-2H3/b22-21+;. The van der Waals surface area contributed by atoms with Crippen LogP contribution < -0.4 is 9.80 Å². The van der Waals surface area contributed by atoms with Gasteiger partial charge in [0.05, 0.1) is 0 Å². The minimum atomic E-state index is 1.11. The normalized spacial score (nSPS) is 11.4. The second kappa shape index (κ2) is 15.7. The molecule has 10 rings (SSSR count). The topological polar surface area (TPSA) is 16.3 Å². The van der Waals surface area contributed by atoms with Crippen molar-refractivity contribution in [2.75, 3.05) is 9.80 Å². The van der Waals surface area contributed by atoms with Crippen molar-refractivity contribution in [1.82, 2.24) is 9.13 Å². The van der Waals surface area contributed by atoms with Gasteiger partial charge in [-0.05, 0) is 108 Å². The van der Waals surface area contributed by atoms with Crippen molar-refractivity contribution in [3.05, 3.63) is 205 Å². The first-order valence-corrected chi connectivity index (χ1v) is 20.1. The molecule has 4 heteroatoms. The van der Waals surface area contributed by atoms with Gasteiger partial charge in [0.1, 0.15) is 0 Å². The van der Waals surface area contributed by atoms with E-state index >= 15 is 0 Å². The second-order valence-electron chi connectivity index (χ2n) is 14.4. The van der Waals surface area contributed by atoms with Gasteiger partial charge in [0.2, 0.25) is 0 Å². The Morgan fingerprint density at radius 2 is 0.621 bits per heavy atom. The molecule has 0 aliphatic heterocycles. The first kappa shape index (κ1) is 36.3. The summed E-state index contributed by atoms with van der Waals surface area (Å²) in [5, 5.41) is 5.04. The highest BCUT2D eigenvalue weighted by Gasteiger charge is 2.17. The number of fused-ring (bicyclic) bond motifs is 6. The fourth-order valence-electron chi connectivity index (χ4n) is 8.30. The predicted octanol–water partition coefficient (Wildman–Crippen LogP) is 15.1. The lowest BCUT2D eigenvalue weighted by Crippen LogP contribution is -2.09. The average molecular weight is 751 g/mol. The van der Waals surface area contributed by atoms with E-state index in [1.165, 1.54) is 43.6 Å². The molecular weight excluding hydrogens is 705 g/mol. The van der Waals surface area contributed by atoms with Crippen LogP contribution in [-0.2, 0) is 14.1 Å². The summed E-state index contributed by atoms with van der Waals surface area (Å²) < 4.78 is 4.56. The van der Waals surface area contributed by atoms with E-state index in [9.17, 15) is 0 Å². The summed E-state index contributed by atoms with van der Waals surface area (Å²) in [6.45, 7) is 4.00. The molecular formula is C54H46N4. The van der Waals surface area contributed by atoms with Crippen LogP contribution in [0.1, 0.15) is 25.0 Å². The number of anilines is 6. The number of rotatable bonds is 8. The van der Waals surface area contributed by atoms with Gasteiger partial charge in [0, 0.05) is 91.8 Å². The molecule has 0 aliphatic carbocycles. The van der Waals surface area contributed by atoms with Gasteiger partial charge in [0.15, 0.2) is 0 Å². The zero-order valence-electron chi connectivity index (χ0n) is 33.4. The molecule has 2 aromatic heterocycles. The molecule has 0 atom stereocenters. The fourth-order valence-corrected chi connectivity index (χ4v) is 8.30. The number of nitrogens with zero attached hydrogens (tertiary/aromatic N) is 4. The fraction of sp³-hybridized carbons (Fsp3) is 0.0741. The molecule has 8 aromatic carbocycles. The Kier molecular flexibility index (Phi) is 9.83.